The molecule has 5 heterocycles. The molecule has 0 saturated carbocycles. The molecular formula is C31H33N7O3. The first-order valence-electron chi connectivity index (χ1n) is 13.9. The molecule has 1 atom stereocenters. The van der Waals surface area contributed by atoms with Gasteiger partial charge in [-0.3, -0.25) is 19.5 Å². The van der Waals surface area contributed by atoms with E-state index in [1.807, 2.05) is 36.4 Å². The standard InChI is InChI=1S/C31H33N7O3/c1-2-29(40)35-24-8-10-37(19-24)18-22-7-9-32-27(15-22)28(39)16-21-3-5-23(6-4-21)26-17-25-30(36-26)33-20-34-31(25)38-11-13-41-14-12-38/h2-7,9,15,17,20,24H,1,8,10-14,16,18-19H2,(H,35,40)(H,33,34,36). The lowest BCUT2D eigenvalue weighted by Gasteiger charge is -2.27. The maximum atomic E-state index is 13.1. The van der Waals surface area contributed by atoms with E-state index < -0.39 is 0 Å². The number of carbonyl (C=O) groups is 2. The first-order chi connectivity index (χ1) is 20.1. The van der Waals surface area contributed by atoms with Gasteiger partial charge in [0.15, 0.2) is 5.78 Å². The van der Waals surface area contributed by atoms with Crippen LogP contribution in [0.25, 0.3) is 22.3 Å². The van der Waals surface area contributed by atoms with Crippen molar-refractivity contribution >= 4 is 28.5 Å². The maximum Gasteiger partial charge on any atom is 0.243 e. The van der Waals surface area contributed by atoms with Crippen molar-refractivity contribution in [2.45, 2.75) is 25.4 Å². The molecule has 3 aromatic heterocycles. The topological polar surface area (TPSA) is 116 Å². The monoisotopic (exact) mass is 551 g/mol. The van der Waals surface area contributed by atoms with Crippen LogP contribution in [0.3, 0.4) is 0 Å². The van der Waals surface area contributed by atoms with Gasteiger partial charge in [0.2, 0.25) is 5.91 Å². The quantitative estimate of drug-likeness (QED) is 0.241. The summed E-state index contributed by atoms with van der Waals surface area (Å²) < 4.78 is 5.49. The molecule has 10 nitrogen and oxygen atoms in total. The zero-order valence-electron chi connectivity index (χ0n) is 22.9. The van der Waals surface area contributed by atoms with Crippen molar-refractivity contribution in [3.63, 3.8) is 0 Å². The van der Waals surface area contributed by atoms with E-state index in [4.69, 9.17) is 4.74 Å². The van der Waals surface area contributed by atoms with Crippen LogP contribution in [0.2, 0.25) is 0 Å². The molecule has 1 unspecified atom stereocenters. The predicted octanol–water partition coefficient (Wildman–Crippen LogP) is 3.16. The number of nitrogens with zero attached hydrogens (tertiary/aromatic N) is 5. The lowest BCUT2D eigenvalue weighted by Crippen LogP contribution is -2.36. The fourth-order valence-electron chi connectivity index (χ4n) is 5.53. The Bertz CT molecular complexity index is 1560. The third-order valence-electron chi connectivity index (χ3n) is 7.67. The Labute approximate surface area is 238 Å². The average Bonchev–Trinajstić information content (AvgIpc) is 3.64. The Morgan fingerprint density at radius 3 is 2.68 bits per heavy atom. The summed E-state index contributed by atoms with van der Waals surface area (Å²) in [7, 11) is 0. The van der Waals surface area contributed by atoms with E-state index in [9.17, 15) is 9.59 Å². The molecule has 41 heavy (non-hydrogen) atoms. The number of hydrogen-bond donors (Lipinski definition) is 2. The molecule has 1 amide bonds. The zero-order valence-corrected chi connectivity index (χ0v) is 22.9. The lowest BCUT2D eigenvalue weighted by atomic mass is 10.0. The van der Waals surface area contributed by atoms with Gasteiger partial charge in [0.1, 0.15) is 23.5 Å². The maximum absolute atomic E-state index is 13.1. The van der Waals surface area contributed by atoms with Crippen molar-refractivity contribution in [1.29, 1.82) is 0 Å². The molecule has 4 aromatic rings. The molecule has 2 aliphatic rings. The van der Waals surface area contributed by atoms with Gasteiger partial charge < -0.3 is 19.9 Å². The third kappa shape index (κ3) is 6.18. The first-order valence-corrected chi connectivity index (χ1v) is 13.9. The molecule has 2 fully saturated rings. The molecule has 6 rings (SSSR count). The van der Waals surface area contributed by atoms with Crippen LogP contribution in [-0.4, -0.2) is 82.0 Å². The fourth-order valence-corrected chi connectivity index (χ4v) is 5.53. The van der Waals surface area contributed by atoms with Crippen LogP contribution in [0.4, 0.5) is 5.82 Å². The van der Waals surface area contributed by atoms with E-state index in [1.165, 1.54) is 6.08 Å². The van der Waals surface area contributed by atoms with Gasteiger partial charge in [-0.25, -0.2) is 9.97 Å². The largest absolute Gasteiger partial charge is 0.378 e. The van der Waals surface area contributed by atoms with E-state index in [0.717, 1.165) is 71.8 Å². The number of ether oxygens (including phenoxy) is 1. The minimum absolute atomic E-state index is 0.0202. The molecule has 2 saturated heterocycles. The van der Waals surface area contributed by atoms with Crippen LogP contribution in [0.15, 0.2) is 67.6 Å². The summed E-state index contributed by atoms with van der Waals surface area (Å²) in [5.41, 5.74) is 5.19. The van der Waals surface area contributed by atoms with Gasteiger partial charge in [-0.15, -0.1) is 0 Å². The second kappa shape index (κ2) is 12.0. The van der Waals surface area contributed by atoms with Crippen molar-refractivity contribution in [2.75, 3.05) is 44.3 Å². The molecule has 10 heteroatoms. The second-order valence-corrected chi connectivity index (χ2v) is 10.5. The van der Waals surface area contributed by atoms with Crippen LogP contribution in [0.1, 0.15) is 28.0 Å². The van der Waals surface area contributed by atoms with Gasteiger partial charge in [0.05, 0.1) is 18.6 Å². The number of H-pyrrole nitrogens is 1. The van der Waals surface area contributed by atoms with Crippen molar-refractivity contribution in [3.05, 3.63) is 84.5 Å². The number of pyridine rings is 1. The van der Waals surface area contributed by atoms with Gasteiger partial charge in [0.25, 0.3) is 0 Å². The SMILES string of the molecule is C=CC(=O)NC1CCN(Cc2ccnc(C(=O)Cc3ccc(-c4cc5c(N6CCOCC6)ncnc5[nH]4)cc3)c2)C1. The Morgan fingerprint density at radius 1 is 1.05 bits per heavy atom. The number of hydrogen-bond acceptors (Lipinski definition) is 8. The number of morpholine rings is 1. The molecule has 0 aliphatic carbocycles. The first kappa shape index (κ1) is 26.8. The Morgan fingerprint density at radius 2 is 1.88 bits per heavy atom. The number of benzene rings is 1. The fraction of sp³-hybridized carbons (Fsp3) is 0.323. The van der Waals surface area contributed by atoms with Crippen molar-refractivity contribution in [2.24, 2.45) is 0 Å². The molecular weight excluding hydrogens is 518 g/mol. The smallest absolute Gasteiger partial charge is 0.243 e. The molecule has 0 bridgehead atoms. The Balaban J connectivity index is 1.10. The number of amides is 1. The number of carbonyl (C=O) groups excluding carboxylic acids is 2. The van der Waals surface area contributed by atoms with Crippen molar-refractivity contribution in [1.82, 2.24) is 30.2 Å². The minimum Gasteiger partial charge on any atom is -0.378 e. The summed E-state index contributed by atoms with van der Waals surface area (Å²) in [5, 5.41) is 3.95. The minimum atomic E-state index is -0.143. The number of fused-ring (bicyclic) bond motifs is 1. The highest BCUT2D eigenvalue weighted by Gasteiger charge is 2.23. The number of anilines is 1. The summed E-state index contributed by atoms with van der Waals surface area (Å²) >= 11 is 0. The Kier molecular flexibility index (Phi) is 7.84. The van der Waals surface area contributed by atoms with E-state index in [2.05, 4.69) is 47.7 Å². The number of aromatic amines is 1. The van der Waals surface area contributed by atoms with Crippen LogP contribution >= 0.6 is 0 Å². The van der Waals surface area contributed by atoms with Gasteiger partial charge in [-0.05, 0) is 47.4 Å². The van der Waals surface area contributed by atoms with Crippen LogP contribution in [0.5, 0.6) is 0 Å². The molecule has 0 radical (unpaired) electrons. The number of aromatic nitrogens is 4. The average molecular weight is 552 g/mol. The van der Waals surface area contributed by atoms with Crippen LogP contribution < -0.4 is 10.2 Å². The van der Waals surface area contributed by atoms with E-state index in [1.54, 1.807) is 12.5 Å². The van der Waals surface area contributed by atoms with Gasteiger partial charge in [-0.1, -0.05) is 30.8 Å². The van der Waals surface area contributed by atoms with Crippen molar-refractivity contribution in [3.8, 4) is 11.3 Å². The summed E-state index contributed by atoms with van der Waals surface area (Å²) in [6.45, 7) is 8.88. The summed E-state index contributed by atoms with van der Waals surface area (Å²) in [6.07, 6.45) is 5.76. The normalized spacial score (nSPS) is 17.6. The highest BCUT2D eigenvalue weighted by Crippen LogP contribution is 2.29. The number of likely N-dealkylation sites (tertiary alicyclic amines) is 1. The third-order valence-corrected chi connectivity index (χ3v) is 7.67. The summed E-state index contributed by atoms with van der Waals surface area (Å²) in [6, 6.07) is 14.0. The molecule has 2 aliphatic heterocycles. The number of Topliss-reactive ketones (excluding diaryl/α,β-unsaturated/α-hetero) is 1. The summed E-state index contributed by atoms with van der Waals surface area (Å²) in [4.78, 5) is 45.9. The van der Waals surface area contributed by atoms with Crippen LogP contribution in [0, 0.1) is 0 Å². The molecule has 2 N–H and O–H groups in total. The van der Waals surface area contributed by atoms with Crippen molar-refractivity contribution < 1.29 is 14.3 Å². The predicted molar refractivity (Wildman–Crippen MR) is 157 cm³/mol. The number of nitrogens with one attached hydrogen (secondary N) is 2. The van der Waals surface area contributed by atoms with E-state index in [0.29, 0.717) is 25.5 Å². The highest BCUT2D eigenvalue weighted by molar-refractivity contribution is 5.96. The Hall–Kier alpha value is -4.41. The van der Waals surface area contributed by atoms with Gasteiger partial charge in [-0.2, -0.15) is 0 Å². The number of rotatable bonds is 9. The lowest BCUT2D eigenvalue weighted by molar-refractivity contribution is -0.117. The molecule has 210 valence electrons. The van der Waals surface area contributed by atoms with Crippen LogP contribution in [-0.2, 0) is 22.5 Å². The number of ketones is 1. The highest BCUT2D eigenvalue weighted by atomic mass is 16.5. The van der Waals surface area contributed by atoms with E-state index in [-0.39, 0.29) is 24.2 Å². The van der Waals surface area contributed by atoms with Gasteiger partial charge >= 0.3 is 0 Å². The molecule has 0 spiro atoms. The zero-order chi connectivity index (χ0) is 28.2. The van der Waals surface area contributed by atoms with Gasteiger partial charge in [0, 0.05) is 57.1 Å². The second-order valence-electron chi connectivity index (χ2n) is 10.5. The van der Waals surface area contributed by atoms with E-state index >= 15 is 0 Å². The summed E-state index contributed by atoms with van der Waals surface area (Å²) in [5.74, 6) is 0.755. The molecule has 1 aromatic carbocycles.